The van der Waals surface area contributed by atoms with Crippen molar-refractivity contribution in [3.05, 3.63) is 65.7 Å². The molecule has 3 heteroatoms. The summed E-state index contributed by atoms with van der Waals surface area (Å²) in [6, 6.07) is 16.9. The number of hydrogen-bond acceptors (Lipinski definition) is 3. The number of ether oxygens (including phenoxy) is 2. The van der Waals surface area contributed by atoms with Gasteiger partial charge < -0.3 is 9.47 Å². The van der Waals surface area contributed by atoms with Crippen LogP contribution in [0.2, 0.25) is 0 Å². The molecule has 0 saturated carbocycles. The van der Waals surface area contributed by atoms with Gasteiger partial charge in [0.25, 0.3) is 0 Å². The van der Waals surface area contributed by atoms with Crippen LogP contribution in [-0.2, 0) is 4.74 Å². The Morgan fingerprint density at radius 1 is 1.00 bits per heavy atom. The second-order valence-electron chi connectivity index (χ2n) is 4.47. The van der Waals surface area contributed by atoms with Gasteiger partial charge in [0.2, 0.25) is 6.29 Å². The molecule has 0 fully saturated rings. The van der Waals surface area contributed by atoms with E-state index >= 15 is 0 Å². The molecule has 2 aromatic carbocycles. The lowest BCUT2D eigenvalue weighted by atomic mass is 9.87. The highest BCUT2D eigenvalue weighted by atomic mass is 16.7. The van der Waals surface area contributed by atoms with Crippen molar-refractivity contribution < 1.29 is 14.3 Å². The van der Waals surface area contributed by atoms with Crippen molar-refractivity contribution in [1.82, 2.24) is 0 Å². The van der Waals surface area contributed by atoms with Crippen LogP contribution in [0.3, 0.4) is 0 Å². The zero-order valence-corrected chi connectivity index (χ0v) is 10.6. The van der Waals surface area contributed by atoms with Gasteiger partial charge in [-0.25, -0.2) is 0 Å². The second-order valence-corrected chi connectivity index (χ2v) is 4.47. The maximum Gasteiger partial charge on any atom is 0.213 e. The number of hydrogen-bond donors (Lipinski definition) is 0. The summed E-state index contributed by atoms with van der Waals surface area (Å²) in [7, 11) is 1.56. The molecule has 0 N–H and O–H groups in total. The van der Waals surface area contributed by atoms with Gasteiger partial charge in [-0.05, 0) is 17.7 Å². The number of rotatable bonds is 2. The van der Waals surface area contributed by atoms with Crippen LogP contribution in [0.25, 0.3) is 0 Å². The third-order valence-corrected chi connectivity index (χ3v) is 3.34. The maximum atomic E-state index is 12.6. The highest BCUT2D eigenvalue weighted by Gasteiger charge is 2.38. The van der Waals surface area contributed by atoms with E-state index in [1.54, 1.807) is 19.2 Å². The summed E-state index contributed by atoms with van der Waals surface area (Å²) in [5.74, 6) is 0.215. The monoisotopic (exact) mass is 254 g/mol. The summed E-state index contributed by atoms with van der Waals surface area (Å²) in [6.07, 6.45) is -0.579. The summed E-state index contributed by atoms with van der Waals surface area (Å²) in [4.78, 5) is 12.6. The highest BCUT2D eigenvalue weighted by molar-refractivity contribution is 6.04. The van der Waals surface area contributed by atoms with Gasteiger partial charge in [0, 0.05) is 7.11 Å². The minimum Gasteiger partial charge on any atom is -0.463 e. The number of para-hydroxylation sites is 1. The molecule has 0 aliphatic carbocycles. The van der Waals surface area contributed by atoms with Gasteiger partial charge in [-0.15, -0.1) is 0 Å². The first-order valence-electron chi connectivity index (χ1n) is 6.19. The van der Waals surface area contributed by atoms with Gasteiger partial charge in [0.1, 0.15) is 11.7 Å². The van der Waals surface area contributed by atoms with Crippen LogP contribution in [0.15, 0.2) is 54.6 Å². The molecule has 0 spiro atoms. The minimum atomic E-state index is -0.579. The Morgan fingerprint density at radius 2 is 1.68 bits per heavy atom. The first-order valence-corrected chi connectivity index (χ1v) is 6.19. The van der Waals surface area contributed by atoms with Crippen LogP contribution in [0, 0.1) is 0 Å². The van der Waals surface area contributed by atoms with Crippen molar-refractivity contribution >= 4 is 5.78 Å². The Labute approximate surface area is 111 Å². The topological polar surface area (TPSA) is 35.5 Å². The third-order valence-electron chi connectivity index (χ3n) is 3.34. The molecule has 0 radical (unpaired) electrons. The van der Waals surface area contributed by atoms with E-state index < -0.39 is 12.2 Å². The number of carbonyl (C=O) groups is 1. The van der Waals surface area contributed by atoms with Crippen LogP contribution in [0.5, 0.6) is 5.75 Å². The van der Waals surface area contributed by atoms with Crippen molar-refractivity contribution in [2.75, 3.05) is 7.11 Å². The number of methoxy groups -OCH3 is 1. The highest BCUT2D eigenvalue weighted by Crippen LogP contribution is 2.36. The molecule has 3 rings (SSSR count). The van der Waals surface area contributed by atoms with Crippen LogP contribution >= 0.6 is 0 Å². The molecule has 19 heavy (non-hydrogen) atoms. The molecule has 3 nitrogen and oxygen atoms in total. The standard InChI is InChI=1S/C16H14O3/c1-18-16-14(11-7-3-2-4-8-11)15(17)12-9-5-6-10-13(12)19-16/h2-10,14,16H,1H3. The zero-order chi connectivity index (χ0) is 13.2. The van der Waals surface area contributed by atoms with Crippen molar-refractivity contribution in [2.24, 2.45) is 0 Å². The van der Waals surface area contributed by atoms with Crippen molar-refractivity contribution in [3.63, 3.8) is 0 Å². The lowest BCUT2D eigenvalue weighted by molar-refractivity contribution is -0.0698. The first-order chi connectivity index (χ1) is 9.31. The zero-order valence-electron chi connectivity index (χ0n) is 10.6. The lowest BCUT2D eigenvalue weighted by Gasteiger charge is -2.31. The summed E-state index contributed by atoms with van der Waals surface area (Å²) in [5.41, 5.74) is 1.53. The van der Waals surface area contributed by atoms with Crippen LogP contribution < -0.4 is 4.74 Å². The Hall–Kier alpha value is -2.13. The molecular formula is C16H14O3. The van der Waals surface area contributed by atoms with Gasteiger partial charge in [-0.3, -0.25) is 4.79 Å². The van der Waals surface area contributed by atoms with E-state index in [0.29, 0.717) is 11.3 Å². The van der Waals surface area contributed by atoms with E-state index in [4.69, 9.17) is 9.47 Å². The Kier molecular flexibility index (Phi) is 3.05. The molecule has 2 atom stereocenters. The fourth-order valence-electron chi connectivity index (χ4n) is 2.41. The van der Waals surface area contributed by atoms with Crippen molar-refractivity contribution in [2.45, 2.75) is 12.2 Å². The maximum absolute atomic E-state index is 12.6. The normalized spacial score (nSPS) is 21.6. The SMILES string of the molecule is COC1Oc2ccccc2C(=O)C1c1ccccc1. The summed E-state index contributed by atoms with van der Waals surface area (Å²) < 4.78 is 11.1. The van der Waals surface area contributed by atoms with E-state index in [2.05, 4.69) is 0 Å². The van der Waals surface area contributed by atoms with Gasteiger partial charge in [0.05, 0.1) is 5.56 Å². The first kappa shape index (κ1) is 11.9. The van der Waals surface area contributed by atoms with Crippen molar-refractivity contribution in [3.8, 4) is 5.75 Å². The predicted octanol–water partition coefficient (Wildman–Crippen LogP) is 3.02. The molecule has 2 unspecified atom stereocenters. The molecule has 0 amide bonds. The molecule has 1 aliphatic heterocycles. The number of Topliss-reactive ketones (excluding diaryl/α,β-unsaturated/α-hetero) is 1. The van der Waals surface area contributed by atoms with Gasteiger partial charge >= 0.3 is 0 Å². The van der Waals surface area contributed by atoms with Crippen LogP contribution in [0.1, 0.15) is 21.8 Å². The number of fused-ring (bicyclic) bond motifs is 1. The number of carbonyl (C=O) groups excluding carboxylic acids is 1. The van der Waals surface area contributed by atoms with Crippen molar-refractivity contribution in [1.29, 1.82) is 0 Å². The average Bonchev–Trinajstić information content (AvgIpc) is 2.48. The third kappa shape index (κ3) is 2.02. The van der Waals surface area contributed by atoms with Crippen LogP contribution in [-0.4, -0.2) is 19.2 Å². The lowest BCUT2D eigenvalue weighted by Crippen LogP contribution is -2.37. The molecule has 1 aliphatic rings. The fourth-order valence-corrected chi connectivity index (χ4v) is 2.41. The van der Waals surface area contributed by atoms with Crippen LogP contribution in [0.4, 0.5) is 0 Å². The molecule has 0 aromatic heterocycles. The minimum absolute atomic E-state index is 0.0416. The van der Waals surface area contributed by atoms with E-state index in [-0.39, 0.29) is 5.78 Å². The van der Waals surface area contributed by atoms with Gasteiger partial charge in [-0.2, -0.15) is 0 Å². The Morgan fingerprint density at radius 3 is 2.42 bits per heavy atom. The largest absolute Gasteiger partial charge is 0.463 e. The molecule has 0 saturated heterocycles. The molecule has 0 bridgehead atoms. The summed E-state index contributed by atoms with van der Waals surface area (Å²) in [5, 5.41) is 0. The van der Waals surface area contributed by atoms with Gasteiger partial charge in [0.15, 0.2) is 5.78 Å². The fraction of sp³-hybridized carbons (Fsp3) is 0.188. The van der Waals surface area contributed by atoms with E-state index in [1.807, 2.05) is 42.5 Å². The summed E-state index contributed by atoms with van der Waals surface area (Å²) >= 11 is 0. The second kappa shape index (κ2) is 4.86. The van der Waals surface area contributed by atoms with E-state index in [0.717, 1.165) is 5.56 Å². The Balaban J connectivity index is 2.07. The van der Waals surface area contributed by atoms with Gasteiger partial charge in [-0.1, -0.05) is 42.5 Å². The smallest absolute Gasteiger partial charge is 0.213 e. The quantitative estimate of drug-likeness (QED) is 0.826. The number of benzene rings is 2. The number of ketones is 1. The molecule has 1 heterocycles. The average molecular weight is 254 g/mol. The Bertz CT molecular complexity index is 592. The van der Waals surface area contributed by atoms with E-state index in [1.165, 1.54) is 0 Å². The predicted molar refractivity (Wildman–Crippen MR) is 71.4 cm³/mol. The molecule has 96 valence electrons. The molecular weight excluding hydrogens is 240 g/mol. The van der Waals surface area contributed by atoms with E-state index in [9.17, 15) is 4.79 Å². The summed E-state index contributed by atoms with van der Waals surface area (Å²) in [6.45, 7) is 0. The molecule has 2 aromatic rings.